The lowest BCUT2D eigenvalue weighted by Crippen LogP contribution is -2.11. The first kappa shape index (κ1) is 14.2. The van der Waals surface area contributed by atoms with Crippen molar-refractivity contribution in [1.29, 1.82) is 0 Å². The van der Waals surface area contributed by atoms with E-state index in [4.69, 9.17) is 5.11 Å². The molecule has 1 heterocycles. The van der Waals surface area contributed by atoms with Gasteiger partial charge in [0.2, 0.25) is 0 Å². The summed E-state index contributed by atoms with van der Waals surface area (Å²) in [7, 11) is 0. The summed E-state index contributed by atoms with van der Waals surface area (Å²) in [6, 6.07) is 5.77. The first-order valence-corrected chi connectivity index (χ1v) is 6.89. The summed E-state index contributed by atoms with van der Waals surface area (Å²) < 4.78 is 0. The van der Waals surface area contributed by atoms with Crippen molar-refractivity contribution in [3.8, 4) is 0 Å². The first-order chi connectivity index (χ1) is 9.47. The highest BCUT2D eigenvalue weighted by Gasteiger charge is 2.11. The predicted molar refractivity (Wildman–Crippen MR) is 77.6 cm³/mol. The standard InChI is InChI=1S/C14H14N2O3S/c1-8(2)11-7-15-14(20-11)16-12(17)9-3-5-10(6-4-9)13(18)19/h3-8H,1-2H3,(H,18,19)(H,15,16,17). The minimum Gasteiger partial charge on any atom is -0.478 e. The summed E-state index contributed by atoms with van der Waals surface area (Å²) in [6.45, 7) is 4.12. The predicted octanol–water partition coefficient (Wildman–Crippen LogP) is 3.22. The van der Waals surface area contributed by atoms with E-state index in [-0.39, 0.29) is 11.5 Å². The topological polar surface area (TPSA) is 79.3 Å². The number of carbonyl (C=O) groups is 2. The quantitative estimate of drug-likeness (QED) is 0.906. The number of nitrogens with one attached hydrogen (secondary N) is 1. The van der Waals surface area contributed by atoms with Crippen LogP contribution in [0.15, 0.2) is 30.5 Å². The van der Waals surface area contributed by atoms with Gasteiger partial charge >= 0.3 is 5.97 Å². The van der Waals surface area contributed by atoms with Crippen molar-refractivity contribution in [1.82, 2.24) is 4.98 Å². The number of thiazole rings is 1. The molecule has 5 nitrogen and oxygen atoms in total. The number of anilines is 1. The number of benzene rings is 1. The number of aromatic nitrogens is 1. The number of carboxylic acid groups (broad SMARTS) is 1. The van der Waals surface area contributed by atoms with Gasteiger partial charge in [0.05, 0.1) is 5.56 Å². The molecule has 0 spiro atoms. The van der Waals surface area contributed by atoms with Gasteiger partial charge in [-0.2, -0.15) is 0 Å². The Balaban J connectivity index is 2.09. The second-order valence-electron chi connectivity index (χ2n) is 4.56. The van der Waals surface area contributed by atoms with Gasteiger partial charge < -0.3 is 5.11 Å². The van der Waals surface area contributed by atoms with Crippen LogP contribution in [0.3, 0.4) is 0 Å². The maximum Gasteiger partial charge on any atom is 0.335 e. The Hall–Kier alpha value is -2.21. The fourth-order valence-electron chi connectivity index (χ4n) is 1.54. The maximum absolute atomic E-state index is 12.0. The van der Waals surface area contributed by atoms with Crippen molar-refractivity contribution < 1.29 is 14.7 Å². The zero-order valence-electron chi connectivity index (χ0n) is 11.1. The summed E-state index contributed by atoms with van der Waals surface area (Å²) >= 11 is 1.43. The van der Waals surface area contributed by atoms with Crippen molar-refractivity contribution in [2.24, 2.45) is 0 Å². The van der Waals surface area contributed by atoms with Gasteiger partial charge in [0.25, 0.3) is 5.91 Å². The zero-order chi connectivity index (χ0) is 14.7. The number of hydrogen-bond acceptors (Lipinski definition) is 4. The average Bonchev–Trinajstić information content (AvgIpc) is 2.87. The number of carboxylic acids is 1. The van der Waals surface area contributed by atoms with Crippen LogP contribution in [0.4, 0.5) is 5.13 Å². The first-order valence-electron chi connectivity index (χ1n) is 6.08. The van der Waals surface area contributed by atoms with Crippen LogP contribution in [0.5, 0.6) is 0 Å². The molecule has 0 atom stereocenters. The molecule has 0 aliphatic heterocycles. The van der Waals surface area contributed by atoms with Gasteiger partial charge in [0.15, 0.2) is 5.13 Å². The van der Waals surface area contributed by atoms with Gasteiger partial charge in [-0.3, -0.25) is 10.1 Å². The van der Waals surface area contributed by atoms with E-state index in [9.17, 15) is 9.59 Å². The number of aromatic carboxylic acids is 1. The minimum atomic E-state index is -1.02. The Morgan fingerprint density at radius 1 is 1.20 bits per heavy atom. The summed E-state index contributed by atoms with van der Waals surface area (Å²) in [5.74, 6) is -0.946. The lowest BCUT2D eigenvalue weighted by molar-refractivity contribution is 0.0696. The molecule has 0 radical (unpaired) electrons. The highest BCUT2D eigenvalue weighted by molar-refractivity contribution is 7.15. The summed E-state index contributed by atoms with van der Waals surface area (Å²) in [6.07, 6.45) is 1.75. The molecule has 1 aromatic carbocycles. The van der Waals surface area contributed by atoms with Crippen LogP contribution < -0.4 is 5.32 Å². The molecular formula is C14H14N2O3S. The maximum atomic E-state index is 12.0. The molecule has 1 aromatic heterocycles. The monoisotopic (exact) mass is 290 g/mol. The van der Waals surface area contributed by atoms with Crippen LogP contribution in [0.1, 0.15) is 45.4 Å². The fourth-order valence-corrected chi connectivity index (χ4v) is 2.36. The Kier molecular flexibility index (Phi) is 4.14. The highest BCUT2D eigenvalue weighted by Crippen LogP contribution is 2.25. The molecule has 2 N–H and O–H groups in total. The van der Waals surface area contributed by atoms with Crippen molar-refractivity contribution in [2.75, 3.05) is 5.32 Å². The molecule has 0 fully saturated rings. The van der Waals surface area contributed by atoms with Crippen LogP contribution in [-0.2, 0) is 0 Å². The molecular weight excluding hydrogens is 276 g/mol. The van der Waals surface area contributed by atoms with Crippen LogP contribution >= 0.6 is 11.3 Å². The largest absolute Gasteiger partial charge is 0.478 e. The highest BCUT2D eigenvalue weighted by atomic mass is 32.1. The third-order valence-electron chi connectivity index (χ3n) is 2.71. The van der Waals surface area contributed by atoms with E-state index in [0.717, 1.165) is 4.88 Å². The van der Waals surface area contributed by atoms with Crippen LogP contribution in [-0.4, -0.2) is 22.0 Å². The Labute approximate surface area is 120 Å². The van der Waals surface area contributed by atoms with Gasteiger partial charge in [-0.25, -0.2) is 9.78 Å². The second kappa shape index (κ2) is 5.83. The number of carbonyl (C=O) groups excluding carboxylic acids is 1. The van der Waals surface area contributed by atoms with E-state index in [1.165, 1.54) is 35.6 Å². The van der Waals surface area contributed by atoms with E-state index in [0.29, 0.717) is 16.6 Å². The van der Waals surface area contributed by atoms with Gasteiger partial charge in [-0.15, -0.1) is 11.3 Å². The fraction of sp³-hybridized carbons (Fsp3) is 0.214. The molecule has 104 valence electrons. The van der Waals surface area contributed by atoms with Crippen molar-refractivity contribution in [3.63, 3.8) is 0 Å². The van der Waals surface area contributed by atoms with Crippen molar-refractivity contribution >= 4 is 28.3 Å². The molecule has 0 saturated carbocycles. The average molecular weight is 290 g/mol. The Morgan fingerprint density at radius 2 is 1.80 bits per heavy atom. The SMILES string of the molecule is CC(C)c1cnc(NC(=O)c2ccc(C(=O)O)cc2)s1. The van der Waals surface area contributed by atoms with Crippen molar-refractivity contribution in [3.05, 3.63) is 46.5 Å². The van der Waals surface area contributed by atoms with Gasteiger partial charge in [-0.1, -0.05) is 13.8 Å². The smallest absolute Gasteiger partial charge is 0.335 e. The van der Waals surface area contributed by atoms with Gasteiger partial charge in [0.1, 0.15) is 0 Å². The van der Waals surface area contributed by atoms with E-state index in [2.05, 4.69) is 24.1 Å². The second-order valence-corrected chi connectivity index (χ2v) is 5.62. The molecule has 0 aliphatic rings. The molecule has 2 aromatic rings. The third-order valence-corrected chi connectivity index (χ3v) is 3.92. The van der Waals surface area contributed by atoms with Crippen LogP contribution in [0, 0.1) is 0 Å². The van der Waals surface area contributed by atoms with E-state index in [1.54, 1.807) is 6.20 Å². The normalized spacial score (nSPS) is 10.6. The van der Waals surface area contributed by atoms with E-state index in [1.807, 2.05) is 0 Å². The number of rotatable bonds is 4. The van der Waals surface area contributed by atoms with E-state index >= 15 is 0 Å². The summed E-state index contributed by atoms with van der Waals surface area (Å²) in [5, 5.41) is 12.0. The Bertz CT molecular complexity index is 632. The molecule has 0 bridgehead atoms. The minimum absolute atomic E-state index is 0.151. The van der Waals surface area contributed by atoms with Gasteiger partial charge in [-0.05, 0) is 30.2 Å². The van der Waals surface area contributed by atoms with Crippen LogP contribution in [0.2, 0.25) is 0 Å². The molecule has 0 aliphatic carbocycles. The molecule has 0 saturated heterocycles. The summed E-state index contributed by atoms with van der Waals surface area (Å²) in [5.41, 5.74) is 0.550. The number of nitrogens with zero attached hydrogens (tertiary/aromatic N) is 1. The van der Waals surface area contributed by atoms with E-state index < -0.39 is 5.97 Å². The van der Waals surface area contributed by atoms with Crippen molar-refractivity contribution in [2.45, 2.75) is 19.8 Å². The number of amides is 1. The van der Waals surface area contributed by atoms with Gasteiger partial charge in [0, 0.05) is 16.6 Å². The lowest BCUT2D eigenvalue weighted by atomic mass is 10.1. The molecule has 6 heteroatoms. The molecule has 2 rings (SSSR count). The number of hydrogen-bond donors (Lipinski definition) is 2. The Morgan fingerprint density at radius 3 is 2.30 bits per heavy atom. The molecule has 1 amide bonds. The third kappa shape index (κ3) is 3.21. The van der Waals surface area contributed by atoms with Crippen LogP contribution in [0.25, 0.3) is 0 Å². The zero-order valence-corrected chi connectivity index (χ0v) is 11.9. The summed E-state index contributed by atoms with van der Waals surface area (Å²) in [4.78, 5) is 28.0. The molecule has 20 heavy (non-hydrogen) atoms. The lowest BCUT2D eigenvalue weighted by Gasteiger charge is -2.02. The molecule has 0 unspecified atom stereocenters.